The third kappa shape index (κ3) is 4.96. The number of methoxy groups -OCH3 is 1. The lowest BCUT2D eigenvalue weighted by Crippen LogP contribution is -2.33. The molecule has 2 amide bonds. The first-order chi connectivity index (χ1) is 14.6. The second-order valence-electron chi connectivity index (χ2n) is 6.84. The molecule has 31 heavy (non-hydrogen) atoms. The maximum Gasteiger partial charge on any atom is 0.417 e. The molecule has 7 nitrogen and oxygen atoms in total. The van der Waals surface area contributed by atoms with Crippen LogP contribution in [0.1, 0.15) is 12.5 Å². The van der Waals surface area contributed by atoms with Gasteiger partial charge < -0.3 is 14.8 Å². The fraction of sp³-hybridized carbons (Fsp3) is 0.286. The molecular formula is C21H19F3N2O5. The summed E-state index contributed by atoms with van der Waals surface area (Å²) in [7, 11) is 1.29. The molecule has 0 saturated carbocycles. The number of hydrogen-bond acceptors (Lipinski definition) is 5. The van der Waals surface area contributed by atoms with Crippen LogP contribution in [0.4, 0.5) is 23.7 Å². The van der Waals surface area contributed by atoms with Crippen LogP contribution in [0.25, 0.3) is 11.1 Å². The number of rotatable bonds is 5. The summed E-state index contributed by atoms with van der Waals surface area (Å²) in [5.74, 6) is -0.312. The number of amides is 2. The maximum atomic E-state index is 13.8. The van der Waals surface area contributed by atoms with Crippen LogP contribution < -0.4 is 20.4 Å². The molecule has 1 N–H and O–H groups in total. The average Bonchev–Trinajstić information content (AvgIpc) is 2.97. The normalized spacial score (nSPS) is 16.1. The van der Waals surface area contributed by atoms with Crippen molar-refractivity contribution in [3.05, 3.63) is 58.3 Å². The molecule has 1 atom stereocenters. The van der Waals surface area contributed by atoms with Crippen molar-refractivity contribution in [2.45, 2.75) is 19.2 Å². The minimum atomic E-state index is -4.72. The number of nitrogens with one attached hydrogen (secondary N) is 1. The third-order valence-electron chi connectivity index (χ3n) is 4.68. The lowest BCUT2D eigenvalue weighted by atomic mass is 9.99. The average molecular weight is 436 g/mol. The van der Waals surface area contributed by atoms with Crippen molar-refractivity contribution >= 4 is 17.7 Å². The van der Waals surface area contributed by atoms with E-state index in [4.69, 9.17) is 9.47 Å². The molecule has 0 bridgehead atoms. The number of carbonyl (C=O) groups excluding carboxylic acids is 2. The summed E-state index contributed by atoms with van der Waals surface area (Å²) in [4.78, 5) is 36.1. The zero-order valence-corrected chi connectivity index (χ0v) is 16.7. The Morgan fingerprint density at radius 1 is 1.19 bits per heavy atom. The molecule has 164 valence electrons. The highest BCUT2D eigenvalue weighted by Gasteiger charge is 2.37. The summed E-state index contributed by atoms with van der Waals surface area (Å²) < 4.78 is 51.5. The number of ether oxygens (including phenoxy) is 2. The molecule has 0 aliphatic carbocycles. The summed E-state index contributed by atoms with van der Waals surface area (Å²) in [5, 5.41) is 2.50. The first-order valence-corrected chi connectivity index (χ1v) is 9.22. The van der Waals surface area contributed by atoms with Gasteiger partial charge in [-0.2, -0.15) is 13.2 Å². The van der Waals surface area contributed by atoms with Gasteiger partial charge in [-0.25, -0.2) is 4.79 Å². The van der Waals surface area contributed by atoms with E-state index in [9.17, 15) is 27.6 Å². The fourth-order valence-electron chi connectivity index (χ4n) is 3.18. The highest BCUT2D eigenvalue weighted by molar-refractivity contribution is 5.90. The molecular weight excluding hydrogens is 417 g/mol. The van der Waals surface area contributed by atoms with E-state index in [1.54, 1.807) is 0 Å². The predicted octanol–water partition coefficient (Wildman–Crippen LogP) is 3.20. The Kier molecular flexibility index (Phi) is 6.19. The third-order valence-corrected chi connectivity index (χ3v) is 4.68. The maximum absolute atomic E-state index is 13.8. The van der Waals surface area contributed by atoms with Gasteiger partial charge in [-0.1, -0.05) is 18.2 Å². The minimum Gasteiger partial charge on any atom is -0.493 e. The second kappa shape index (κ2) is 8.66. The highest BCUT2D eigenvalue weighted by atomic mass is 19.4. The first kappa shape index (κ1) is 22.1. The van der Waals surface area contributed by atoms with Crippen LogP contribution >= 0.6 is 0 Å². The number of nitrogens with zero attached hydrogens (tertiary/aromatic N) is 1. The van der Waals surface area contributed by atoms with Gasteiger partial charge in [0.15, 0.2) is 5.75 Å². The van der Waals surface area contributed by atoms with Crippen LogP contribution in [0.15, 0.2) is 47.3 Å². The van der Waals surface area contributed by atoms with E-state index in [0.29, 0.717) is 0 Å². The molecule has 0 radical (unpaired) electrons. The van der Waals surface area contributed by atoms with Gasteiger partial charge in [0.25, 0.3) is 0 Å². The van der Waals surface area contributed by atoms with Crippen LogP contribution in [-0.2, 0) is 15.7 Å². The summed E-state index contributed by atoms with van der Waals surface area (Å²) in [6.45, 7) is 1.35. The van der Waals surface area contributed by atoms with E-state index >= 15 is 0 Å². The Morgan fingerprint density at radius 2 is 1.90 bits per heavy atom. The molecule has 1 unspecified atom stereocenters. The Bertz CT molecular complexity index is 1070. The molecule has 1 heterocycles. The van der Waals surface area contributed by atoms with Gasteiger partial charge in [-0.3, -0.25) is 14.5 Å². The van der Waals surface area contributed by atoms with E-state index in [1.807, 2.05) is 0 Å². The fourth-order valence-corrected chi connectivity index (χ4v) is 3.18. The first-order valence-electron chi connectivity index (χ1n) is 9.22. The zero-order valence-electron chi connectivity index (χ0n) is 16.7. The quantitative estimate of drug-likeness (QED) is 0.778. The smallest absolute Gasteiger partial charge is 0.417 e. The number of halogens is 3. The van der Waals surface area contributed by atoms with E-state index in [-0.39, 0.29) is 41.6 Å². The minimum absolute atomic E-state index is 0.00135. The van der Waals surface area contributed by atoms with Crippen LogP contribution in [0.5, 0.6) is 5.75 Å². The molecule has 2 aromatic rings. The van der Waals surface area contributed by atoms with Crippen LogP contribution in [0.2, 0.25) is 0 Å². The number of carbonyl (C=O) groups is 2. The van der Waals surface area contributed by atoms with Gasteiger partial charge in [-0.15, -0.1) is 0 Å². The molecule has 1 saturated heterocycles. The van der Waals surface area contributed by atoms with Gasteiger partial charge in [0.2, 0.25) is 11.3 Å². The lowest BCUT2D eigenvalue weighted by Gasteiger charge is -2.18. The Morgan fingerprint density at radius 3 is 2.55 bits per heavy atom. The van der Waals surface area contributed by atoms with Crippen molar-refractivity contribution in [1.29, 1.82) is 0 Å². The van der Waals surface area contributed by atoms with Crippen molar-refractivity contribution in [1.82, 2.24) is 5.32 Å². The largest absolute Gasteiger partial charge is 0.493 e. The molecule has 1 aliphatic heterocycles. The Labute approximate surface area is 175 Å². The monoisotopic (exact) mass is 436 g/mol. The van der Waals surface area contributed by atoms with E-state index in [0.717, 1.165) is 17.0 Å². The van der Waals surface area contributed by atoms with Crippen molar-refractivity contribution in [3.8, 4) is 16.9 Å². The van der Waals surface area contributed by atoms with Crippen LogP contribution in [-0.4, -0.2) is 38.3 Å². The van der Waals surface area contributed by atoms with Gasteiger partial charge in [-0.05, 0) is 35.4 Å². The number of cyclic esters (lactones) is 1. The van der Waals surface area contributed by atoms with Gasteiger partial charge in [0.1, 0.15) is 6.10 Å². The van der Waals surface area contributed by atoms with Crippen LogP contribution in [0.3, 0.4) is 0 Å². The second-order valence-corrected chi connectivity index (χ2v) is 6.84. The summed E-state index contributed by atoms with van der Waals surface area (Å²) in [6.07, 6.45) is -6.20. The van der Waals surface area contributed by atoms with Crippen LogP contribution in [0, 0.1) is 0 Å². The Hall–Kier alpha value is -3.56. The zero-order chi connectivity index (χ0) is 22.8. The summed E-state index contributed by atoms with van der Waals surface area (Å²) in [6, 6.07) is 8.54. The molecule has 0 aromatic heterocycles. The predicted molar refractivity (Wildman–Crippen MR) is 106 cm³/mol. The van der Waals surface area contributed by atoms with E-state index in [1.165, 1.54) is 44.4 Å². The van der Waals surface area contributed by atoms with Gasteiger partial charge in [0.05, 0.1) is 25.8 Å². The molecule has 0 spiro atoms. The number of alkyl halides is 3. The standard InChI is InChI=1S/C21H19F3N2O5/c1-12(27)25-10-15-11-26(20(29)31-15)14-5-6-16(17(9-14)21(22,23)24)13-3-7-18(28)19(30-2)8-4-13/h3-9,15H,10-11H2,1-2H3,(H,25,27). The molecule has 1 aliphatic rings. The number of hydrogen-bond donors (Lipinski definition) is 1. The topological polar surface area (TPSA) is 84.9 Å². The highest BCUT2D eigenvalue weighted by Crippen LogP contribution is 2.39. The van der Waals surface area contributed by atoms with Gasteiger partial charge in [0, 0.05) is 12.6 Å². The lowest BCUT2D eigenvalue weighted by molar-refractivity contribution is -0.137. The van der Waals surface area contributed by atoms with Crippen molar-refractivity contribution in [2.24, 2.45) is 0 Å². The summed E-state index contributed by atoms with van der Waals surface area (Å²) >= 11 is 0. The number of anilines is 1. The Balaban J connectivity index is 1.99. The van der Waals surface area contributed by atoms with Gasteiger partial charge >= 0.3 is 12.3 Å². The number of benzene rings is 1. The molecule has 2 aromatic carbocycles. The molecule has 10 heteroatoms. The van der Waals surface area contributed by atoms with Crippen molar-refractivity contribution < 1.29 is 32.2 Å². The van der Waals surface area contributed by atoms with E-state index in [2.05, 4.69) is 5.32 Å². The molecule has 3 rings (SSSR count). The molecule has 1 fully saturated rings. The van der Waals surface area contributed by atoms with Crippen molar-refractivity contribution in [2.75, 3.05) is 25.1 Å². The van der Waals surface area contributed by atoms with E-state index < -0.39 is 29.4 Å². The summed E-state index contributed by atoms with van der Waals surface area (Å²) in [5.41, 5.74) is -1.43. The van der Waals surface area contributed by atoms with Crippen molar-refractivity contribution in [3.63, 3.8) is 0 Å². The SMILES string of the molecule is COc1ccc(-c2ccc(N3CC(CNC(C)=O)OC3=O)cc2C(F)(F)F)ccc1=O.